The van der Waals surface area contributed by atoms with Crippen LogP contribution in [0.5, 0.6) is 0 Å². The number of nitrogens with two attached hydrogens (primary N) is 3. The average Bonchev–Trinajstić information content (AvgIpc) is 3.28. The second-order valence-electron chi connectivity index (χ2n) is 14.6. The molecule has 0 radical (unpaired) electrons. The fraction of sp³-hybridized carbons (Fsp3) is 0.136. The third-order valence-corrected chi connectivity index (χ3v) is 12.2. The van der Waals surface area contributed by atoms with E-state index in [0.717, 1.165) is 24.9 Å². The van der Waals surface area contributed by atoms with E-state index in [1.165, 1.54) is 36.9 Å². The van der Waals surface area contributed by atoms with E-state index in [9.17, 15) is 30.9 Å². The molecule has 2 aromatic carbocycles. The van der Waals surface area contributed by atoms with E-state index >= 15 is 0 Å². The van der Waals surface area contributed by atoms with Crippen molar-refractivity contribution in [2.24, 2.45) is 5.73 Å². The lowest BCUT2D eigenvalue weighted by Gasteiger charge is -2.20. The number of anilines is 3. The third-order valence-electron chi connectivity index (χ3n) is 9.65. The van der Waals surface area contributed by atoms with Crippen LogP contribution in [0, 0.1) is 34.3 Å². The van der Waals surface area contributed by atoms with Gasteiger partial charge in [-0.25, -0.2) is 55.5 Å². The SMILES string of the molecule is CC(N)c1cc2ncc(F)cc2nc1-c1ccccc1S(C)(=O)=O.CC(Nc1ncnc(N)c1C#N)c1cc2ncc(F)cc2nc1-c1ccccc1S(C)(=O)=O.N#Cc1c(N)ncnc1Cl. The number of nitrogen functional groups attached to an aromatic ring is 2. The molecule has 340 valence electrons. The number of fused-ring (bicyclic) bond motifs is 2. The molecule has 0 aliphatic heterocycles. The van der Waals surface area contributed by atoms with Gasteiger partial charge >= 0.3 is 0 Å². The molecule has 0 aliphatic rings. The van der Waals surface area contributed by atoms with Gasteiger partial charge in [-0.05, 0) is 43.7 Å². The molecule has 8 rings (SSSR count). The Labute approximate surface area is 387 Å². The van der Waals surface area contributed by atoms with E-state index in [1.807, 2.05) is 6.07 Å². The predicted octanol–water partition coefficient (Wildman–Crippen LogP) is 6.70. The fourth-order valence-electron chi connectivity index (χ4n) is 6.54. The molecule has 7 N–H and O–H groups in total. The first kappa shape index (κ1) is 48.6. The number of aromatic nitrogens is 8. The molecule has 0 fully saturated rings. The molecule has 8 aromatic rings. The molecule has 0 saturated carbocycles. The Morgan fingerprint density at radius 1 is 0.642 bits per heavy atom. The van der Waals surface area contributed by atoms with E-state index in [1.54, 1.807) is 68.4 Å². The van der Waals surface area contributed by atoms with E-state index in [4.69, 9.17) is 34.1 Å². The third kappa shape index (κ3) is 11.1. The van der Waals surface area contributed by atoms with E-state index in [0.29, 0.717) is 50.2 Å². The van der Waals surface area contributed by atoms with Crippen LogP contribution in [0.15, 0.2) is 108 Å². The zero-order valence-corrected chi connectivity index (χ0v) is 38.1. The van der Waals surface area contributed by atoms with Crippen LogP contribution in [-0.4, -0.2) is 69.2 Å². The average molecular weight is 963 g/mol. The molecule has 67 heavy (non-hydrogen) atoms. The molecule has 0 saturated heterocycles. The van der Waals surface area contributed by atoms with Gasteiger partial charge in [-0.1, -0.05) is 48.0 Å². The van der Waals surface area contributed by atoms with Crippen LogP contribution in [0.4, 0.5) is 26.2 Å². The smallest absolute Gasteiger partial charge is 0.176 e. The van der Waals surface area contributed by atoms with E-state index in [-0.39, 0.29) is 49.0 Å². The second kappa shape index (κ2) is 20.1. The number of hydrogen-bond donors (Lipinski definition) is 4. The van der Waals surface area contributed by atoms with Gasteiger partial charge in [0.15, 0.2) is 24.8 Å². The Morgan fingerprint density at radius 2 is 1.09 bits per heavy atom. The van der Waals surface area contributed by atoms with Crippen LogP contribution in [-0.2, 0) is 19.7 Å². The number of halogens is 3. The Bertz CT molecular complexity index is 3500. The maximum atomic E-state index is 13.8. The molecule has 2 unspecified atom stereocenters. The molecule has 6 heterocycles. The minimum Gasteiger partial charge on any atom is -0.382 e. The standard InChI is InChI=1S/C22H18FN7O2S.C17H16FN3O2S.C5H3ClN4/c1-12(29-22-16(9-24)21(25)27-11-28-22)15-8-17-18(7-13(23)10-26-17)30-20(15)14-5-3-4-6-19(14)33(2,31)32;1-10(19)13-8-14-15(7-11(18)9-20-14)21-17(13)12-5-3-4-6-16(12)24(2,22)23;6-4-3(1-7)5(8)10-2-9-4/h3-8,10-12H,1-2H3,(H3,25,27,28,29);3-10H,19H2,1-2H3;2H,(H2,8,9,10). The zero-order valence-electron chi connectivity index (χ0n) is 35.7. The first-order chi connectivity index (χ1) is 31.7. The minimum atomic E-state index is -3.59. The highest BCUT2D eigenvalue weighted by Crippen LogP contribution is 2.36. The van der Waals surface area contributed by atoms with Crippen molar-refractivity contribution < 1.29 is 25.6 Å². The Morgan fingerprint density at radius 3 is 1.54 bits per heavy atom. The van der Waals surface area contributed by atoms with Crippen molar-refractivity contribution in [3.8, 4) is 34.7 Å². The Balaban J connectivity index is 0.000000189. The number of hydrogen-bond acceptors (Lipinski definition) is 18. The van der Waals surface area contributed by atoms with Crippen molar-refractivity contribution >= 4 is 70.8 Å². The van der Waals surface area contributed by atoms with Gasteiger partial charge < -0.3 is 22.5 Å². The Hall–Kier alpha value is -7.89. The molecule has 18 nitrogen and oxygen atoms in total. The lowest BCUT2D eigenvalue weighted by molar-refractivity contribution is 0.600. The van der Waals surface area contributed by atoms with Gasteiger partial charge in [0.2, 0.25) is 0 Å². The van der Waals surface area contributed by atoms with Gasteiger partial charge in [-0.15, -0.1) is 0 Å². The van der Waals surface area contributed by atoms with Crippen LogP contribution in [0.2, 0.25) is 5.15 Å². The minimum absolute atomic E-state index is 0.0265. The highest BCUT2D eigenvalue weighted by Gasteiger charge is 2.24. The quantitative estimate of drug-likeness (QED) is 0.115. The Kier molecular flexibility index (Phi) is 14.6. The van der Waals surface area contributed by atoms with Gasteiger partial charge in [-0.2, -0.15) is 10.5 Å². The molecule has 0 spiro atoms. The summed E-state index contributed by atoms with van der Waals surface area (Å²) in [5.74, 6) is -0.717. The summed E-state index contributed by atoms with van der Waals surface area (Å²) in [6, 6.07) is 21.8. The van der Waals surface area contributed by atoms with Crippen molar-refractivity contribution in [2.75, 3.05) is 29.3 Å². The number of nitrogens with one attached hydrogen (secondary N) is 1. The number of pyridine rings is 4. The topological polar surface area (TPSA) is 309 Å². The van der Waals surface area contributed by atoms with Gasteiger partial charge in [-0.3, -0.25) is 9.97 Å². The van der Waals surface area contributed by atoms with Crippen molar-refractivity contribution in [3.05, 3.63) is 137 Å². The van der Waals surface area contributed by atoms with Gasteiger partial charge in [0.25, 0.3) is 0 Å². The summed E-state index contributed by atoms with van der Waals surface area (Å²) < 4.78 is 76.4. The second-order valence-corrected chi connectivity index (χ2v) is 18.9. The molecule has 2 atom stereocenters. The summed E-state index contributed by atoms with van der Waals surface area (Å²) in [6.07, 6.45) is 6.87. The van der Waals surface area contributed by atoms with E-state index in [2.05, 4.69) is 45.2 Å². The monoisotopic (exact) mass is 962 g/mol. The number of rotatable bonds is 8. The van der Waals surface area contributed by atoms with Gasteiger partial charge in [0.1, 0.15) is 65.0 Å². The van der Waals surface area contributed by atoms with Crippen LogP contribution >= 0.6 is 11.6 Å². The van der Waals surface area contributed by atoms with Gasteiger partial charge in [0, 0.05) is 47.4 Å². The van der Waals surface area contributed by atoms with Crippen LogP contribution in [0.25, 0.3) is 44.6 Å². The lowest BCUT2D eigenvalue weighted by Crippen LogP contribution is -2.13. The molecular weight excluding hydrogens is 926 g/mol. The fourth-order valence-corrected chi connectivity index (χ4v) is 8.51. The van der Waals surface area contributed by atoms with Crippen molar-refractivity contribution in [2.45, 2.75) is 35.7 Å². The highest BCUT2D eigenvalue weighted by molar-refractivity contribution is 7.91. The summed E-state index contributed by atoms with van der Waals surface area (Å²) in [7, 11) is -7.05. The highest BCUT2D eigenvalue weighted by atomic mass is 35.5. The van der Waals surface area contributed by atoms with E-state index < -0.39 is 43.4 Å². The maximum absolute atomic E-state index is 13.8. The summed E-state index contributed by atoms with van der Waals surface area (Å²) in [5, 5.41) is 21.0. The zero-order chi connectivity index (χ0) is 48.8. The van der Waals surface area contributed by atoms with Crippen LogP contribution in [0.3, 0.4) is 0 Å². The molecule has 6 aromatic heterocycles. The molecule has 0 amide bonds. The van der Waals surface area contributed by atoms with Crippen molar-refractivity contribution in [1.29, 1.82) is 10.5 Å². The number of sulfone groups is 2. The summed E-state index contributed by atoms with van der Waals surface area (Å²) >= 11 is 5.48. The lowest BCUT2D eigenvalue weighted by atomic mass is 9.99. The number of nitrogens with zero attached hydrogens (tertiary/aromatic N) is 10. The maximum Gasteiger partial charge on any atom is 0.176 e. The summed E-state index contributed by atoms with van der Waals surface area (Å²) in [5.41, 5.74) is 21.6. The molecule has 23 heteroatoms. The molecule has 0 aliphatic carbocycles. The van der Waals surface area contributed by atoms with Crippen molar-refractivity contribution in [3.63, 3.8) is 0 Å². The van der Waals surface area contributed by atoms with Crippen LogP contribution < -0.4 is 22.5 Å². The first-order valence-corrected chi connectivity index (χ1v) is 23.6. The molecular formula is C44H37ClF2N14O4S2. The van der Waals surface area contributed by atoms with Gasteiger partial charge in [0.05, 0.1) is 61.7 Å². The summed E-state index contributed by atoms with van der Waals surface area (Å²) in [6.45, 7) is 3.57. The number of nitriles is 2. The largest absolute Gasteiger partial charge is 0.382 e. The summed E-state index contributed by atoms with van der Waals surface area (Å²) in [4.78, 5) is 32.4. The predicted molar refractivity (Wildman–Crippen MR) is 248 cm³/mol. The van der Waals surface area contributed by atoms with Crippen LogP contribution in [0.1, 0.15) is 48.2 Å². The first-order valence-electron chi connectivity index (χ1n) is 19.4. The number of benzene rings is 2. The normalized spacial score (nSPS) is 12.1. The van der Waals surface area contributed by atoms with Crippen molar-refractivity contribution in [1.82, 2.24) is 39.9 Å². The molecule has 0 bridgehead atoms.